The first-order chi connectivity index (χ1) is 7.43. The zero-order valence-corrected chi connectivity index (χ0v) is 8.82. The van der Waals surface area contributed by atoms with Crippen molar-refractivity contribution >= 4 is 5.95 Å². The highest BCUT2D eigenvalue weighted by Gasteiger charge is 2.24. The number of rotatable bonds is 2. The Hall–Kier alpha value is -1.16. The minimum Gasteiger partial charge on any atom is -0.338 e. The van der Waals surface area contributed by atoms with Crippen LogP contribution in [0.5, 0.6) is 0 Å². The third kappa shape index (κ3) is 1.95. The first-order valence-electron chi connectivity index (χ1n) is 5.71. The molecular weight excluding hydrogens is 188 g/mol. The summed E-state index contributed by atoms with van der Waals surface area (Å²) in [6.45, 7) is 4.10. The van der Waals surface area contributed by atoms with E-state index in [0.29, 0.717) is 0 Å². The van der Waals surface area contributed by atoms with E-state index in [2.05, 4.69) is 20.2 Å². The van der Waals surface area contributed by atoms with Crippen LogP contribution in [0.4, 0.5) is 5.95 Å². The molecular formula is C11H16N4. The Balaban J connectivity index is 1.73. The van der Waals surface area contributed by atoms with E-state index in [-0.39, 0.29) is 0 Å². The highest BCUT2D eigenvalue weighted by molar-refractivity contribution is 5.32. The molecule has 15 heavy (non-hydrogen) atoms. The van der Waals surface area contributed by atoms with Gasteiger partial charge in [0.25, 0.3) is 0 Å². The average Bonchev–Trinajstić information content (AvgIpc) is 3.15. The Kier molecular flexibility index (Phi) is 2.29. The molecule has 0 aromatic carbocycles. The molecule has 1 aliphatic carbocycles. The zero-order valence-electron chi connectivity index (χ0n) is 8.82. The molecule has 1 saturated heterocycles. The average molecular weight is 204 g/mol. The van der Waals surface area contributed by atoms with Gasteiger partial charge in [0, 0.05) is 38.6 Å². The summed E-state index contributed by atoms with van der Waals surface area (Å²) in [6, 6.07) is 0. The SMILES string of the molecule is c1nc(N2CCNCC2)ncc1C1CC1. The summed E-state index contributed by atoms with van der Waals surface area (Å²) in [7, 11) is 0. The minimum absolute atomic E-state index is 0.752. The van der Waals surface area contributed by atoms with E-state index in [9.17, 15) is 0 Å². The van der Waals surface area contributed by atoms with Crippen molar-refractivity contribution in [2.24, 2.45) is 0 Å². The van der Waals surface area contributed by atoms with E-state index >= 15 is 0 Å². The number of aromatic nitrogens is 2. The molecule has 1 aliphatic heterocycles. The standard InChI is InChI=1S/C11H16N4/c1-2-9(1)10-7-13-11(14-8-10)15-5-3-12-4-6-15/h7-9,12H,1-6H2. The predicted octanol–water partition coefficient (Wildman–Crippen LogP) is 0.764. The van der Waals surface area contributed by atoms with Crippen molar-refractivity contribution in [2.75, 3.05) is 31.1 Å². The maximum atomic E-state index is 4.45. The largest absolute Gasteiger partial charge is 0.338 e. The lowest BCUT2D eigenvalue weighted by atomic mass is 10.2. The van der Waals surface area contributed by atoms with E-state index in [4.69, 9.17) is 0 Å². The lowest BCUT2D eigenvalue weighted by Gasteiger charge is -2.27. The fourth-order valence-electron chi connectivity index (χ4n) is 1.99. The van der Waals surface area contributed by atoms with Crippen LogP contribution in [0.2, 0.25) is 0 Å². The summed E-state index contributed by atoms with van der Waals surface area (Å²) in [6.07, 6.45) is 6.64. The van der Waals surface area contributed by atoms with Crippen molar-refractivity contribution in [3.8, 4) is 0 Å². The monoisotopic (exact) mass is 204 g/mol. The summed E-state index contributed by atoms with van der Waals surface area (Å²) in [5.74, 6) is 1.64. The molecule has 1 N–H and O–H groups in total. The van der Waals surface area contributed by atoms with E-state index in [0.717, 1.165) is 38.0 Å². The molecule has 2 fully saturated rings. The van der Waals surface area contributed by atoms with Crippen LogP contribution in [0.15, 0.2) is 12.4 Å². The highest BCUT2D eigenvalue weighted by Crippen LogP contribution is 2.39. The molecule has 0 spiro atoms. The van der Waals surface area contributed by atoms with E-state index in [1.807, 2.05) is 12.4 Å². The lowest BCUT2D eigenvalue weighted by molar-refractivity contribution is 0.579. The second kappa shape index (κ2) is 3.77. The van der Waals surface area contributed by atoms with Crippen molar-refractivity contribution in [1.29, 1.82) is 0 Å². The highest BCUT2D eigenvalue weighted by atomic mass is 15.3. The fourth-order valence-corrected chi connectivity index (χ4v) is 1.99. The smallest absolute Gasteiger partial charge is 0.225 e. The first kappa shape index (κ1) is 9.09. The Morgan fingerprint density at radius 3 is 2.40 bits per heavy atom. The summed E-state index contributed by atoms with van der Waals surface area (Å²) in [5, 5.41) is 3.33. The van der Waals surface area contributed by atoms with Gasteiger partial charge in [0.15, 0.2) is 0 Å². The van der Waals surface area contributed by atoms with Gasteiger partial charge in [-0.1, -0.05) is 0 Å². The van der Waals surface area contributed by atoms with Crippen LogP contribution in [-0.4, -0.2) is 36.1 Å². The van der Waals surface area contributed by atoms with Crippen LogP contribution in [0, 0.1) is 0 Å². The third-order valence-electron chi connectivity index (χ3n) is 3.11. The molecule has 1 aromatic rings. The lowest BCUT2D eigenvalue weighted by Crippen LogP contribution is -2.44. The molecule has 3 rings (SSSR count). The Bertz CT molecular complexity index is 325. The number of hydrogen-bond donors (Lipinski definition) is 1. The second-order valence-electron chi connectivity index (χ2n) is 4.33. The first-order valence-corrected chi connectivity index (χ1v) is 5.71. The molecule has 4 nitrogen and oxygen atoms in total. The van der Waals surface area contributed by atoms with Gasteiger partial charge in [-0.05, 0) is 24.3 Å². The molecule has 0 atom stereocenters. The molecule has 2 heterocycles. The van der Waals surface area contributed by atoms with Gasteiger partial charge in [0.1, 0.15) is 0 Å². The summed E-state index contributed by atoms with van der Waals surface area (Å²) in [5.41, 5.74) is 1.31. The van der Waals surface area contributed by atoms with Crippen LogP contribution >= 0.6 is 0 Å². The van der Waals surface area contributed by atoms with Crippen LogP contribution < -0.4 is 10.2 Å². The number of nitrogens with one attached hydrogen (secondary N) is 1. The summed E-state index contributed by atoms with van der Waals surface area (Å²) < 4.78 is 0. The summed E-state index contributed by atoms with van der Waals surface area (Å²) >= 11 is 0. The molecule has 1 saturated carbocycles. The molecule has 1 aromatic heterocycles. The van der Waals surface area contributed by atoms with E-state index in [1.54, 1.807) is 0 Å². The van der Waals surface area contributed by atoms with Crippen LogP contribution in [0.25, 0.3) is 0 Å². The van der Waals surface area contributed by atoms with Crippen molar-refractivity contribution in [3.05, 3.63) is 18.0 Å². The molecule has 4 heteroatoms. The van der Waals surface area contributed by atoms with Gasteiger partial charge in [0.05, 0.1) is 0 Å². The number of piperazine rings is 1. The molecule has 0 amide bonds. The zero-order chi connectivity index (χ0) is 10.1. The van der Waals surface area contributed by atoms with Crippen molar-refractivity contribution in [1.82, 2.24) is 15.3 Å². The van der Waals surface area contributed by atoms with Crippen LogP contribution in [0.3, 0.4) is 0 Å². The van der Waals surface area contributed by atoms with Gasteiger partial charge in [-0.2, -0.15) is 0 Å². The van der Waals surface area contributed by atoms with Crippen molar-refractivity contribution < 1.29 is 0 Å². The van der Waals surface area contributed by atoms with Gasteiger partial charge in [-0.15, -0.1) is 0 Å². The van der Waals surface area contributed by atoms with Crippen molar-refractivity contribution in [3.63, 3.8) is 0 Å². The van der Waals surface area contributed by atoms with E-state index < -0.39 is 0 Å². The van der Waals surface area contributed by atoms with E-state index in [1.165, 1.54) is 18.4 Å². The maximum Gasteiger partial charge on any atom is 0.225 e. The Morgan fingerprint density at radius 2 is 1.80 bits per heavy atom. The van der Waals surface area contributed by atoms with Crippen molar-refractivity contribution in [2.45, 2.75) is 18.8 Å². The Morgan fingerprint density at radius 1 is 1.13 bits per heavy atom. The van der Waals surface area contributed by atoms with Gasteiger partial charge in [-0.3, -0.25) is 0 Å². The third-order valence-corrected chi connectivity index (χ3v) is 3.11. The second-order valence-corrected chi connectivity index (χ2v) is 4.33. The molecule has 0 unspecified atom stereocenters. The molecule has 0 radical (unpaired) electrons. The predicted molar refractivity (Wildman–Crippen MR) is 59.1 cm³/mol. The normalized spacial score (nSPS) is 21.7. The van der Waals surface area contributed by atoms with Gasteiger partial charge in [0.2, 0.25) is 5.95 Å². The summed E-state index contributed by atoms with van der Waals surface area (Å²) in [4.78, 5) is 11.1. The van der Waals surface area contributed by atoms with Crippen LogP contribution in [0.1, 0.15) is 24.3 Å². The van der Waals surface area contributed by atoms with Gasteiger partial charge in [-0.25, -0.2) is 9.97 Å². The number of nitrogens with zero attached hydrogens (tertiary/aromatic N) is 3. The van der Waals surface area contributed by atoms with Gasteiger partial charge < -0.3 is 10.2 Å². The van der Waals surface area contributed by atoms with Crippen LogP contribution in [-0.2, 0) is 0 Å². The van der Waals surface area contributed by atoms with Gasteiger partial charge >= 0.3 is 0 Å². The topological polar surface area (TPSA) is 41.1 Å². The maximum absolute atomic E-state index is 4.45. The minimum atomic E-state index is 0.752. The molecule has 80 valence electrons. The fraction of sp³-hybridized carbons (Fsp3) is 0.636. The number of hydrogen-bond acceptors (Lipinski definition) is 4. The Labute approximate surface area is 89.7 Å². The quantitative estimate of drug-likeness (QED) is 0.772. The molecule has 2 aliphatic rings. The molecule has 0 bridgehead atoms. The number of anilines is 1.